The molecule has 1 aromatic heterocycles. The summed E-state index contributed by atoms with van der Waals surface area (Å²) >= 11 is 9.17. The molecule has 0 atom stereocenters. The van der Waals surface area contributed by atoms with Gasteiger partial charge in [-0.15, -0.1) is 0 Å². The Labute approximate surface area is 178 Å². The normalized spacial score (nSPS) is 11.2. The number of aromatic nitrogens is 1. The van der Waals surface area contributed by atoms with Gasteiger partial charge in [-0.1, -0.05) is 54.4 Å². The van der Waals surface area contributed by atoms with Crippen LogP contribution in [-0.2, 0) is 11.3 Å². The summed E-state index contributed by atoms with van der Waals surface area (Å²) in [6.45, 7) is 8.20. The number of halogens is 2. The van der Waals surface area contributed by atoms with Crippen molar-refractivity contribution in [1.29, 1.82) is 0 Å². The zero-order chi connectivity index (χ0) is 20.9. The first-order valence-electron chi connectivity index (χ1n) is 8.79. The number of amides is 2. The average Bonchev–Trinajstić information content (AvgIpc) is 2.57. The molecule has 0 aliphatic rings. The molecule has 8 heteroatoms. The molecule has 1 heterocycles. The summed E-state index contributed by atoms with van der Waals surface area (Å²) in [6.07, 6.45) is 1.98. The van der Waals surface area contributed by atoms with Gasteiger partial charge in [-0.3, -0.25) is 15.0 Å². The zero-order valence-electron chi connectivity index (χ0n) is 16.3. The van der Waals surface area contributed by atoms with Crippen molar-refractivity contribution >= 4 is 45.0 Å². The van der Waals surface area contributed by atoms with Gasteiger partial charge in [0.05, 0.1) is 11.3 Å². The molecule has 2 aromatic rings. The molecule has 0 saturated heterocycles. The first-order valence-corrected chi connectivity index (χ1v) is 9.96. The number of hydrogen-bond acceptors (Lipinski definition) is 4. The Bertz CT molecular complexity index is 864. The Morgan fingerprint density at radius 2 is 1.93 bits per heavy atom. The number of rotatable bonds is 6. The minimum Gasteiger partial charge on any atom is -0.325 e. The fourth-order valence-electron chi connectivity index (χ4n) is 2.56. The molecule has 2 rings (SSSR count). The van der Waals surface area contributed by atoms with Crippen molar-refractivity contribution in [2.75, 3.05) is 5.32 Å². The highest BCUT2D eigenvalue weighted by molar-refractivity contribution is 9.10. The number of anilines is 1. The largest absolute Gasteiger partial charge is 0.325 e. The van der Waals surface area contributed by atoms with Gasteiger partial charge in [0.1, 0.15) is 5.15 Å². The molecular formula is C20H24BrClN4O2. The quantitative estimate of drug-likeness (QED) is 0.428. The summed E-state index contributed by atoms with van der Waals surface area (Å²) in [5, 5.41) is 3.30. The number of nitrogens with zero attached hydrogens (tertiary/aromatic N) is 1. The van der Waals surface area contributed by atoms with Crippen LogP contribution in [0.25, 0.3) is 0 Å². The third-order valence-corrected chi connectivity index (χ3v) is 4.46. The Balaban J connectivity index is 2.10. The van der Waals surface area contributed by atoms with Gasteiger partial charge in [0, 0.05) is 23.6 Å². The summed E-state index contributed by atoms with van der Waals surface area (Å²) in [5.41, 5.74) is 7.91. The highest BCUT2D eigenvalue weighted by atomic mass is 79.9. The number of aryl methyl sites for hydroxylation is 1. The average molecular weight is 468 g/mol. The van der Waals surface area contributed by atoms with Gasteiger partial charge in [0.2, 0.25) is 5.91 Å². The summed E-state index contributed by atoms with van der Waals surface area (Å²) in [5.74, 6) is -0.482. The number of carbonyl (C=O) groups is 2. The zero-order valence-corrected chi connectivity index (χ0v) is 18.7. The lowest BCUT2D eigenvalue weighted by atomic mass is 9.92. The smallest absolute Gasteiger partial charge is 0.267 e. The van der Waals surface area contributed by atoms with E-state index in [0.29, 0.717) is 29.4 Å². The Kier molecular flexibility index (Phi) is 7.57. The van der Waals surface area contributed by atoms with Crippen LogP contribution in [0.1, 0.15) is 48.7 Å². The number of benzene rings is 1. The van der Waals surface area contributed by atoms with Gasteiger partial charge >= 0.3 is 0 Å². The number of hydrazine groups is 1. The summed E-state index contributed by atoms with van der Waals surface area (Å²) in [6, 6.07) is 7.04. The maximum Gasteiger partial charge on any atom is 0.267 e. The van der Waals surface area contributed by atoms with Gasteiger partial charge in [-0.25, -0.2) is 10.4 Å². The second-order valence-corrected chi connectivity index (χ2v) is 9.03. The van der Waals surface area contributed by atoms with Crippen molar-refractivity contribution in [3.8, 4) is 0 Å². The minimum absolute atomic E-state index is 0.132. The molecule has 0 fully saturated rings. The highest BCUT2D eigenvalue weighted by Crippen LogP contribution is 2.27. The lowest BCUT2D eigenvalue weighted by Gasteiger charge is -2.19. The Hall–Kier alpha value is -1.96. The van der Waals surface area contributed by atoms with Crippen LogP contribution in [0.3, 0.4) is 0 Å². The molecule has 0 radical (unpaired) electrons. The van der Waals surface area contributed by atoms with E-state index in [-0.39, 0.29) is 17.2 Å². The van der Waals surface area contributed by atoms with Crippen molar-refractivity contribution in [2.24, 2.45) is 5.41 Å². The standard InChI is InChI=1S/C20H24BrClN4O2/c1-12-7-14(21)8-15(18(12)25-17(27)9-20(2,3)4)19(28)26-24-11-13-5-6-16(22)23-10-13/h5-8,10,24H,9,11H2,1-4H3,(H,25,27)(H,26,28). The lowest BCUT2D eigenvalue weighted by molar-refractivity contribution is -0.117. The molecular weight excluding hydrogens is 444 g/mol. The van der Waals surface area contributed by atoms with E-state index >= 15 is 0 Å². The monoisotopic (exact) mass is 466 g/mol. The van der Waals surface area contributed by atoms with E-state index in [4.69, 9.17) is 11.6 Å². The number of nitrogens with one attached hydrogen (secondary N) is 3. The third kappa shape index (κ3) is 6.89. The minimum atomic E-state index is -0.350. The van der Waals surface area contributed by atoms with Crippen LogP contribution in [0.4, 0.5) is 5.69 Å². The topological polar surface area (TPSA) is 83.1 Å². The molecule has 0 bridgehead atoms. The van der Waals surface area contributed by atoms with E-state index < -0.39 is 0 Å². The van der Waals surface area contributed by atoms with Crippen molar-refractivity contribution < 1.29 is 9.59 Å². The molecule has 0 saturated carbocycles. The second kappa shape index (κ2) is 9.49. The van der Waals surface area contributed by atoms with E-state index in [1.807, 2.05) is 39.8 Å². The predicted octanol–water partition coefficient (Wildman–Crippen LogP) is 4.62. The number of carbonyl (C=O) groups excluding carboxylic acids is 2. The number of pyridine rings is 1. The second-order valence-electron chi connectivity index (χ2n) is 7.73. The van der Waals surface area contributed by atoms with E-state index in [1.54, 1.807) is 18.3 Å². The summed E-state index contributed by atoms with van der Waals surface area (Å²) in [7, 11) is 0. The molecule has 1 aromatic carbocycles. The van der Waals surface area contributed by atoms with E-state index in [1.165, 1.54) is 0 Å². The molecule has 6 nitrogen and oxygen atoms in total. The summed E-state index contributed by atoms with van der Waals surface area (Å²) in [4.78, 5) is 29.1. The Morgan fingerprint density at radius 1 is 1.21 bits per heavy atom. The van der Waals surface area contributed by atoms with Crippen LogP contribution in [0, 0.1) is 12.3 Å². The van der Waals surface area contributed by atoms with Gasteiger partial charge in [0.15, 0.2) is 0 Å². The molecule has 0 unspecified atom stereocenters. The fourth-order valence-corrected chi connectivity index (χ4v) is 3.24. The maximum absolute atomic E-state index is 12.7. The van der Waals surface area contributed by atoms with E-state index in [0.717, 1.165) is 15.6 Å². The molecule has 0 spiro atoms. The van der Waals surface area contributed by atoms with Crippen LogP contribution < -0.4 is 16.2 Å². The molecule has 0 aliphatic heterocycles. The first kappa shape index (κ1) is 22.3. The van der Waals surface area contributed by atoms with Crippen LogP contribution in [0.2, 0.25) is 5.15 Å². The maximum atomic E-state index is 12.7. The third-order valence-electron chi connectivity index (χ3n) is 3.78. The summed E-state index contributed by atoms with van der Waals surface area (Å²) < 4.78 is 0.755. The molecule has 150 valence electrons. The molecule has 2 amide bonds. The van der Waals surface area contributed by atoms with Crippen molar-refractivity contribution in [3.05, 3.63) is 56.8 Å². The van der Waals surface area contributed by atoms with Gasteiger partial charge in [0.25, 0.3) is 5.91 Å². The van der Waals surface area contributed by atoms with Crippen molar-refractivity contribution in [1.82, 2.24) is 15.8 Å². The number of hydrogen-bond donors (Lipinski definition) is 3. The van der Waals surface area contributed by atoms with E-state index in [2.05, 4.69) is 37.1 Å². The van der Waals surface area contributed by atoms with Crippen LogP contribution >= 0.6 is 27.5 Å². The SMILES string of the molecule is Cc1cc(Br)cc(C(=O)NNCc2ccc(Cl)nc2)c1NC(=O)CC(C)(C)C. The highest BCUT2D eigenvalue weighted by Gasteiger charge is 2.20. The van der Waals surface area contributed by atoms with E-state index in [9.17, 15) is 9.59 Å². The lowest BCUT2D eigenvalue weighted by Crippen LogP contribution is -2.37. The van der Waals surface area contributed by atoms with Gasteiger partial charge in [-0.05, 0) is 41.7 Å². The van der Waals surface area contributed by atoms with Gasteiger partial charge < -0.3 is 5.32 Å². The molecule has 0 aliphatic carbocycles. The van der Waals surface area contributed by atoms with Crippen LogP contribution in [-0.4, -0.2) is 16.8 Å². The van der Waals surface area contributed by atoms with Crippen molar-refractivity contribution in [2.45, 2.75) is 40.7 Å². The van der Waals surface area contributed by atoms with Crippen molar-refractivity contribution in [3.63, 3.8) is 0 Å². The molecule has 28 heavy (non-hydrogen) atoms. The fraction of sp³-hybridized carbons (Fsp3) is 0.350. The predicted molar refractivity (Wildman–Crippen MR) is 115 cm³/mol. The first-order chi connectivity index (χ1) is 13.0. The van der Waals surface area contributed by atoms with Crippen LogP contribution in [0.5, 0.6) is 0 Å². The van der Waals surface area contributed by atoms with Gasteiger partial charge in [-0.2, -0.15) is 0 Å². The van der Waals surface area contributed by atoms with Crippen LogP contribution in [0.15, 0.2) is 34.9 Å². The Morgan fingerprint density at radius 3 is 2.54 bits per heavy atom. The molecule has 3 N–H and O–H groups in total.